The maximum Gasteiger partial charge on any atom is 0.336 e. The number of thioether (sulfide) groups is 1. The quantitative estimate of drug-likeness (QED) is 0.367. The lowest BCUT2D eigenvalue weighted by atomic mass is 10.1. The van der Waals surface area contributed by atoms with Gasteiger partial charge in [-0.3, -0.25) is 0 Å². The molecule has 2 aromatic heterocycles. The van der Waals surface area contributed by atoms with Crippen LogP contribution in [0.25, 0.3) is 21.3 Å². The summed E-state index contributed by atoms with van der Waals surface area (Å²) in [6.45, 7) is 0.525. The molecular weight excluding hydrogens is 421 g/mol. The van der Waals surface area contributed by atoms with Gasteiger partial charge in [-0.05, 0) is 47.9 Å². The number of carboxylic acids is 1. The van der Waals surface area contributed by atoms with Gasteiger partial charge in [-0.15, -0.1) is 23.1 Å². The number of aromatic nitrogens is 2. The minimum absolute atomic E-state index is 0.165. The summed E-state index contributed by atoms with van der Waals surface area (Å²) >= 11 is 2.91. The van der Waals surface area contributed by atoms with Crippen LogP contribution in [0.1, 0.15) is 15.9 Å². The van der Waals surface area contributed by atoms with E-state index in [2.05, 4.69) is 15.3 Å². The number of carboxylic acid groups (broad SMARTS) is 1. The highest BCUT2D eigenvalue weighted by Gasteiger charge is 2.12. The zero-order valence-corrected chi connectivity index (χ0v) is 17.7. The Morgan fingerprint density at radius 3 is 2.87 bits per heavy atom. The van der Waals surface area contributed by atoms with Gasteiger partial charge >= 0.3 is 5.97 Å². The van der Waals surface area contributed by atoms with Crippen LogP contribution in [0.2, 0.25) is 0 Å². The fraction of sp³-hybridized carbons (Fsp3) is 0.136. The molecule has 152 valence electrons. The predicted octanol–water partition coefficient (Wildman–Crippen LogP) is 5.57. The van der Waals surface area contributed by atoms with Gasteiger partial charge < -0.3 is 10.4 Å². The number of aromatic carboxylic acids is 1. The Hall–Kier alpha value is -2.97. The highest BCUT2D eigenvalue weighted by atomic mass is 32.2. The molecule has 8 heteroatoms. The van der Waals surface area contributed by atoms with Crippen LogP contribution in [0.5, 0.6) is 0 Å². The molecule has 0 aliphatic rings. The van der Waals surface area contributed by atoms with E-state index in [-0.39, 0.29) is 11.4 Å². The second-order valence-electron chi connectivity index (χ2n) is 6.56. The molecule has 4 rings (SSSR count). The number of nitrogens with one attached hydrogen (secondary N) is 1. The molecule has 0 atom stereocenters. The van der Waals surface area contributed by atoms with Gasteiger partial charge in [0.25, 0.3) is 0 Å². The van der Waals surface area contributed by atoms with Crippen molar-refractivity contribution >= 4 is 45.0 Å². The molecule has 0 aliphatic heterocycles. The number of nitrogens with zero attached hydrogens (tertiary/aromatic N) is 2. The zero-order chi connectivity index (χ0) is 21.1. The number of anilines is 1. The van der Waals surface area contributed by atoms with Crippen molar-refractivity contribution in [1.82, 2.24) is 9.97 Å². The van der Waals surface area contributed by atoms with Crippen LogP contribution in [-0.2, 0) is 6.42 Å². The number of hydrogen-bond donors (Lipinski definition) is 2. The van der Waals surface area contributed by atoms with Crippen LogP contribution in [0.15, 0.2) is 59.1 Å². The number of rotatable bonds is 7. The van der Waals surface area contributed by atoms with Crippen molar-refractivity contribution in [1.29, 1.82) is 0 Å². The molecular formula is C22H18FN3O2S2. The molecule has 0 spiro atoms. The fourth-order valence-electron chi connectivity index (χ4n) is 3.21. The van der Waals surface area contributed by atoms with Gasteiger partial charge in [0.2, 0.25) is 0 Å². The largest absolute Gasteiger partial charge is 0.478 e. The van der Waals surface area contributed by atoms with Crippen LogP contribution < -0.4 is 5.32 Å². The molecule has 0 saturated carbocycles. The monoisotopic (exact) mass is 439 g/mol. The van der Waals surface area contributed by atoms with E-state index in [9.17, 15) is 14.3 Å². The molecule has 30 heavy (non-hydrogen) atoms. The first-order valence-electron chi connectivity index (χ1n) is 9.19. The van der Waals surface area contributed by atoms with E-state index in [1.165, 1.54) is 29.4 Å². The molecule has 4 aromatic rings. The van der Waals surface area contributed by atoms with Crippen LogP contribution >= 0.6 is 23.1 Å². The molecule has 0 amide bonds. The van der Waals surface area contributed by atoms with Crippen LogP contribution in [0.4, 0.5) is 10.2 Å². The average Bonchev–Trinajstić information content (AvgIpc) is 3.25. The molecule has 0 unspecified atom stereocenters. The van der Waals surface area contributed by atoms with Crippen LogP contribution in [-0.4, -0.2) is 33.8 Å². The van der Waals surface area contributed by atoms with E-state index >= 15 is 0 Å². The lowest BCUT2D eigenvalue weighted by molar-refractivity contribution is 0.0693. The van der Waals surface area contributed by atoms with Crippen molar-refractivity contribution in [2.75, 3.05) is 18.1 Å². The summed E-state index contributed by atoms with van der Waals surface area (Å²) < 4.78 is 15.5. The van der Waals surface area contributed by atoms with Crippen molar-refractivity contribution in [3.05, 3.63) is 71.1 Å². The van der Waals surface area contributed by atoms with Crippen molar-refractivity contribution in [3.8, 4) is 11.3 Å². The molecule has 2 aromatic carbocycles. The summed E-state index contributed by atoms with van der Waals surface area (Å²) in [4.78, 5) is 20.5. The standard InChI is InChI=1S/C22H18FN3O2S2/c1-29-19-10-14(2-4-16(19)22(27)28)17-11-20(26-12-25-17)24-8-6-13-3-5-18-15(21(13)23)7-9-30-18/h2-5,7,9-12H,6,8H2,1H3,(H,27,28)(H,24,25,26). The van der Waals surface area contributed by atoms with E-state index < -0.39 is 5.97 Å². The van der Waals surface area contributed by atoms with Crippen LogP contribution in [0.3, 0.4) is 0 Å². The normalized spacial score (nSPS) is 11.0. The highest BCUT2D eigenvalue weighted by molar-refractivity contribution is 7.98. The lowest BCUT2D eigenvalue weighted by Crippen LogP contribution is -2.08. The number of thiophene rings is 1. The van der Waals surface area contributed by atoms with Gasteiger partial charge in [0, 0.05) is 33.2 Å². The Morgan fingerprint density at radius 1 is 1.20 bits per heavy atom. The van der Waals surface area contributed by atoms with Crippen molar-refractivity contribution in [3.63, 3.8) is 0 Å². The zero-order valence-electron chi connectivity index (χ0n) is 16.1. The van der Waals surface area contributed by atoms with E-state index in [1.54, 1.807) is 24.3 Å². The van der Waals surface area contributed by atoms with E-state index in [0.717, 1.165) is 10.3 Å². The first-order valence-corrected chi connectivity index (χ1v) is 11.3. The summed E-state index contributed by atoms with van der Waals surface area (Å²) in [6.07, 6.45) is 3.82. The first-order chi connectivity index (χ1) is 14.6. The molecule has 0 fully saturated rings. The Labute approximate surface area is 181 Å². The SMILES string of the molecule is CSc1cc(-c2cc(NCCc3ccc4sccc4c3F)ncn2)ccc1C(=O)O. The summed E-state index contributed by atoms with van der Waals surface area (Å²) in [7, 11) is 0. The number of hydrogen-bond acceptors (Lipinski definition) is 6. The summed E-state index contributed by atoms with van der Waals surface area (Å²) in [5, 5.41) is 15.1. The molecule has 0 radical (unpaired) electrons. The van der Waals surface area contributed by atoms with Gasteiger partial charge in [-0.1, -0.05) is 12.1 Å². The molecule has 0 saturated heterocycles. The minimum atomic E-state index is -0.955. The summed E-state index contributed by atoms with van der Waals surface area (Å²) in [6, 6.07) is 12.5. The number of halogens is 1. The predicted molar refractivity (Wildman–Crippen MR) is 120 cm³/mol. The van der Waals surface area contributed by atoms with E-state index in [4.69, 9.17) is 0 Å². The van der Waals surface area contributed by atoms with Gasteiger partial charge in [0.15, 0.2) is 0 Å². The van der Waals surface area contributed by atoms with Gasteiger partial charge in [-0.25, -0.2) is 19.2 Å². The Kier molecular flexibility index (Phi) is 5.96. The van der Waals surface area contributed by atoms with Crippen molar-refractivity contribution < 1.29 is 14.3 Å². The maximum atomic E-state index is 14.6. The highest BCUT2D eigenvalue weighted by Crippen LogP contribution is 2.28. The fourth-order valence-corrected chi connectivity index (χ4v) is 4.61. The molecule has 5 nitrogen and oxygen atoms in total. The maximum absolute atomic E-state index is 14.6. The number of carbonyl (C=O) groups is 1. The Morgan fingerprint density at radius 2 is 2.07 bits per heavy atom. The minimum Gasteiger partial charge on any atom is -0.478 e. The molecule has 0 aliphatic carbocycles. The molecule has 2 heterocycles. The third kappa shape index (κ3) is 4.15. The van der Waals surface area contributed by atoms with Gasteiger partial charge in [0.1, 0.15) is 18.0 Å². The molecule has 0 bridgehead atoms. The Balaban J connectivity index is 1.48. The Bertz CT molecular complexity index is 1230. The number of fused-ring (bicyclic) bond motifs is 1. The number of benzene rings is 2. The third-order valence-corrected chi connectivity index (χ3v) is 6.40. The smallest absolute Gasteiger partial charge is 0.336 e. The van der Waals surface area contributed by atoms with Gasteiger partial charge in [0.05, 0.1) is 11.3 Å². The van der Waals surface area contributed by atoms with E-state index in [1.807, 2.05) is 29.8 Å². The first kappa shape index (κ1) is 20.3. The second kappa shape index (κ2) is 8.81. The average molecular weight is 440 g/mol. The van der Waals surface area contributed by atoms with Crippen molar-refractivity contribution in [2.45, 2.75) is 11.3 Å². The van der Waals surface area contributed by atoms with Crippen LogP contribution in [0, 0.1) is 5.82 Å². The molecule has 2 N–H and O–H groups in total. The third-order valence-electron chi connectivity index (χ3n) is 4.74. The van der Waals surface area contributed by atoms with Gasteiger partial charge in [-0.2, -0.15) is 0 Å². The topological polar surface area (TPSA) is 75.1 Å². The lowest BCUT2D eigenvalue weighted by Gasteiger charge is -2.10. The summed E-state index contributed by atoms with van der Waals surface area (Å²) in [5.41, 5.74) is 2.43. The summed E-state index contributed by atoms with van der Waals surface area (Å²) in [5.74, 6) is -0.490. The second-order valence-corrected chi connectivity index (χ2v) is 8.35. The van der Waals surface area contributed by atoms with Crippen molar-refractivity contribution in [2.24, 2.45) is 0 Å². The van der Waals surface area contributed by atoms with E-state index in [0.29, 0.717) is 40.3 Å².